The van der Waals surface area contributed by atoms with Gasteiger partial charge < -0.3 is 20.1 Å². The molecule has 0 unspecified atom stereocenters. The molecule has 1 amide bonds. The van der Waals surface area contributed by atoms with E-state index in [9.17, 15) is 9.59 Å². The molecule has 1 aliphatic heterocycles. The van der Waals surface area contributed by atoms with Crippen LogP contribution in [-0.4, -0.2) is 24.9 Å². The standard InChI is InChI=1S/C27H30N2O4/c1-16(2)33-22-14-7-5-10-18(22)25-24(17(3)28-20-12-9-13-21(30)26(20)25)27(31)29-19-11-6-8-15-23(19)32-4/h5-8,10-11,14-16,25,28H,9,12-13H2,1-4H3,(H,29,31)/t25-/m0/s1. The number of hydrogen-bond acceptors (Lipinski definition) is 5. The van der Waals surface area contributed by atoms with Gasteiger partial charge in [-0.25, -0.2) is 0 Å². The monoisotopic (exact) mass is 446 g/mol. The fourth-order valence-corrected chi connectivity index (χ4v) is 4.61. The fraction of sp³-hybridized carbons (Fsp3) is 0.333. The highest BCUT2D eigenvalue weighted by molar-refractivity contribution is 6.10. The summed E-state index contributed by atoms with van der Waals surface area (Å²) in [6.07, 6.45) is 2.02. The van der Waals surface area contributed by atoms with Gasteiger partial charge in [-0.1, -0.05) is 30.3 Å². The van der Waals surface area contributed by atoms with E-state index in [2.05, 4.69) is 10.6 Å². The predicted molar refractivity (Wildman–Crippen MR) is 128 cm³/mol. The van der Waals surface area contributed by atoms with Crippen molar-refractivity contribution in [2.75, 3.05) is 12.4 Å². The Labute approximate surface area is 194 Å². The van der Waals surface area contributed by atoms with E-state index in [1.165, 1.54) is 0 Å². The lowest BCUT2D eigenvalue weighted by atomic mass is 9.74. The minimum atomic E-state index is -0.515. The van der Waals surface area contributed by atoms with Crippen molar-refractivity contribution in [3.05, 3.63) is 76.6 Å². The number of rotatable bonds is 6. The molecule has 6 heteroatoms. The van der Waals surface area contributed by atoms with E-state index in [0.29, 0.717) is 34.8 Å². The molecule has 4 rings (SSSR count). The predicted octanol–water partition coefficient (Wildman–Crippen LogP) is 5.09. The third kappa shape index (κ3) is 4.51. The molecule has 0 saturated heterocycles. The highest BCUT2D eigenvalue weighted by Gasteiger charge is 2.39. The Morgan fingerprint density at radius 2 is 1.76 bits per heavy atom. The molecule has 0 fully saturated rings. The molecule has 2 aliphatic rings. The minimum Gasteiger partial charge on any atom is -0.495 e. The van der Waals surface area contributed by atoms with Crippen molar-refractivity contribution >= 4 is 17.4 Å². The summed E-state index contributed by atoms with van der Waals surface area (Å²) in [6, 6.07) is 15.0. The highest BCUT2D eigenvalue weighted by Crippen LogP contribution is 2.45. The molecule has 1 aliphatic carbocycles. The maximum atomic E-state index is 13.7. The Kier molecular flexibility index (Phi) is 6.54. The van der Waals surface area contributed by atoms with E-state index in [-0.39, 0.29) is 17.8 Å². The van der Waals surface area contributed by atoms with Crippen molar-refractivity contribution in [3.8, 4) is 11.5 Å². The molecule has 6 nitrogen and oxygen atoms in total. The molecule has 2 aromatic carbocycles. The van der Waals surface area contributed by atoms with E-state index in [0.717, 1.165) is 29.8 Å². The van der Waals surface area contributed by atoms with Crippen LogP contribution in [0.1, 0.15) is 51.5 Å². The van der Waals surface area contributed by atoms with E-state index < -0.39 is 5.92 Å². The van der Waals surface area contributed by atoms with Crippen LogP contribution in [0.4, 0.5) is 5.69 Å². The summed E-state index contributed by atoms with van der Waals surface area (Å²) in [5.41, 5.74) is 4.21. The van der Waals surface area contributed by atoms with Crippen LogP contribution >= 0.6 is 0 Å². The first-order chi connectivity index (χ1) is 15.9. The van der Waals surface area contributed by atoms with E-state index >= 15 is 0 Å². The van der Waals surface area contributed by atoms with Gasteiger partial charge in [0.15, 0.2) is 5.78 Å². The van der Waals surface area contributed by atoms with Gasteiger partial charge in [0.2, 0.25) is 0 Å². The van der Waals surface area contributed by atoms with Gasteiger partial charge in [-0.3, -0.25) is 9.59 Å². The lowest BCUT2D eigenvalue weighted by molar-refractivity contribution is -0.116. The number of para-hydroxylation sites is 3. The van der Waals surface area contributed by atoms with Crippen molar-refractivity contribution in [3.63, 3.8) is 0 Å². The van der Waals surface area contributed by atoms with Gasteiger partial charge in [-0.2, -0.15) is 0 Å². The fourth-order valence-electron chi connectivity index (χ4n) is 4.61. The zero-order valence-electron chi connectivity index (χ0n) is 19.5. The zero-order chi connectivity index (χ0) is 23.5. The Bertz CT molecular complexity index is 1150. The second kappa shape index (κ2) is 9.53. The Balaban J connectivity index is 1.83. The van der Waals surface area contributed by atoms with Gasteiger partial charge in [0.05, 0.1) is 24.8 Å². The van der Waals surface area contributed by atoms with Gasteiger partial charge in [-0.15, -0.1) is 0 Å². The molecular formula is C27H30N2O4. The maximum absolute atomic E-state index is 13.7. The molecule has 172 valence electrons. The number of ether oxygens (including phenoxy) is 2. The first-order valence-corrected chi connectivity index (χ1v) is 11.3. The number of Topliss-reactive ketones (excluding diaryl/α,β-unsaturated/α-hetero) is 1. The number of benzene rings is 2. The lowest BCUT2D eigenvalue weighted by Crippen LogP contribution is -2.35. The third-order valence-electron chi connectivity index (χ3n) is 5.97. The number of anilines is 1. The molecule has 2 aromatic rings. The van der Waals surface area contributed by atoms with Crippen LogP contribution < -0.4 is 20.1 Å². The number of carbonyl (C=O) groups is 2. The second-order valence-corrected chi connectivity index (χ2v) is 8.62. The molecule has 1 atom stereocenters. The molecule has 2 N–H and O–H groups in total. The number of allylic oxidation sites excluding steroid dienone is 3. The second-order valence-electron chi connectivity index (χ2n) is 8.62. The number of nitrogens with one attached hydrogen (secondary N) is 2. The molecule has 0 aromatic heterocycles. The first kappa shape index (κ1) is 22.6. The summed E-state index contributed by atoms with van der Waals surface area (Å²) in [4.78, 5) is 26.9. The number of hydrogen-bond donors (Lipinski definition) is 2. The van der Waals surface area contributed by atoms with Crippen molar-refractivity contribution in [2.45, 2.75) is 52.1 Å². The van der Waals surface area contributed by atoms with Crippen LogP contribution in [0.3, 0.4) is 0 Å². The molecule has 0 saturated carbocycles. The zero-order valence-corrected chi connectivity index (χ0v) is 19.5. The summed E-state index contributed by atoms with van der Waals surface area (Å²) < 4.78 is 11.5. The van der Waals surface area contributed by atoms with Crippen LogP contribution in [0.25, 0.3) is 0 Å². The average molecular weight is 447 g/mol. The number of carbonyl (C=O) groups excluding carboxylic acids is 2. The van der Waals surface area contributed by atoms with Crippen LogP contribution in [0.2, 0.25) is 0 Å². The summed E-state index contributed by atoms with van der Waals surface area (Å²) >= 11 is 0. The molecule has 0 bridgehead atoms. The van der Waals surface area contributed by atoms with Crippen LogP contribution in [0.5, 0.6) is 11.5 Å². The van der Waals surface area contributed by atoms with Crippen LogP contribution in [0.15, 0.2) is 71.1 Å². The number of ketones is 1. The van der Waals surface area contributed by atoms with Gasteiger partial charge in [0, 0.05) is 34.5 Å². The van der Waals surface area contributed by atoms with E-state index in [4.69, 9.17) is 9.47 Å². The Morgan fingerprint density at radius 3 is 2.48 bits per heavy atom. The van der Waals surface area contributed by atoms with Crippen molar-refractivity contribution in [1.29, 1.82) is 0 Å². The number of methoxy groups -OCH3 is 1. The van der Waals surface area contributed by atoms with Gasteiger partial charge in [0.25, 0.3) is 5.91 Å². The van der Waals surface area contributed by atoms with Crippen LogP contribution in [0, 0.1) is 0 Å². The Hall–Kier alpha value is -3.54. The van der Waals surface area contributed by atoms with Crippen molar-refractivity contribution in [2.24, 2.45) is 0 Å². The van der Waals surface area contributed by atoms with Gasteiger partial charge >= 0.3 is 0 Å². The molecule has 1 heterocycles. The Morgan fingerprint density at radius 1 is 1.06 bits per heavy atom. The first-order valence-electron chi connectivity index (χ1n) is 11.3. The highest BCUT2D eigenvalue weighted by atomic mass is 16.5. The normalized spacial score (nSPS) is 18.1. The van der Waals surface area contributed by atoms with Gasteiger partial charge in [0.1, 0.15) is 11.5 Å². The van der Waals surface area contributed by atoms with Gasteiger partial charge in [-0.05, 0) is 51.8 Å². The summed E-state index contributed by atoms with van der Waals surface area (Å²) in [7, 11) is 1.57. The topological polar surface area (TPSA) is 76.7 Å². The number of dihydropyridines is 1. The smallest absolute Gasteiger partial charge is 0.254 e. The number of amides is 1. The van der Waals surface area contributed by atoms with Crippen LogP contribution in [-0.2, 0) is 9.59 Å². The van der Waals surface area contributed by atoms with E-state index in [1.807, 2.05) is 57.2 Å². The molecule has 0 radical (unpaired) electrons. The van der Waals surface area contributed by atoms with Crippen molar-refractivity contribution in [1.82, 2.24) is 5.32 Å². The average Bonchev–Trinajstić information content (AvgIpc) is 2.78. The summed E-state index contributed by atoms with van der Waals surface area (Å²) in [5, 5.41) is 6.35. The lowest BCUT2D eigenvalue weighted by Gasteiger charge is -2.35. The molecule has 0 spiro atoms. The summed E-state index contributed by atoms with van der Waals surface area (Å²) in [6.45, 7) is 5.82. The molecule has 33 heavy (non-hydrogen) atoms. The van der Waals surface area contributed by atoms with Crippen molar-refractivity contribution < 1.29 is 19.1 Å². The maximum Gasteiger partial charge on any atom is 0.254 e. The van der Waals surface area contributed by atoms with E-state index in [1.54, 1.807) is 19.2 Å². The quantitative estimate of drug-likeness (QED) is 0.646. The molecular weight excluding hydrogens is 416 g/mol. The SMILES string of the molecule is COc1ccccc1NC(=O)C1=C(C)NC2=C(C(=O)CCC2)[C@H]1c1ccccc1OC(C)C. The minimum absolute atomic E-state index is 0.0423. The largest absolute Gasteiger partial charge is 0.495 e. The summed E-state index contributed by atoms with van der Waals surface area (Å²) in [5.74, 6) is 0.530. The third-order valence-corrected chi connectivity index (χ3v) is 5.97.